The summed E-state index contributed by atoms with van der Waals surface area (Å²) in [7, 11) is 0. The summed E-state index contributed by atoms with van der Waals surface area (Å²) < 4.78 is 0. The highest BCUT2D eigenvalue weighted by atomic mass is 16.6. The normalized spacial score (nSPS) is 14.9. The molecule has 3 rings (SSSR count). The fourth-order valence-electron chi connectivity index (χ4n) is 4.40. The molecule has 162 valence electrons. The second-order valence-electron chi connectivity index (χ2n) is 8.70. The van der Waals surface area contributed by atoms with Gasteiger partial charge in [0.2, 0.25) is 0 Å². The van der Waals surface area contributed by atoms with E-state index < -0.39 is 0 Å². The summed E-state index contributed by atoms with van der Waals surface area (Å²) in [5.74, 6) is 0.630. The Morgan fingerprint density at radius 1 is 1.00 bits per heavy atom. The largest absolute Gasteiger partial charge is 0.363 e. The minimum Gasteiger partial charge on any atom is -0.363 e. The van der Waals surface area contributed by atoms with Crippen molar-refractivity contribution >= 4 is 22.7 Å². The number of nitrogens with zero attached hydrogens (tertiary/aromatic N) is 4. The van der Waals surface area contributed by atoms with Gasteiger partial charge in [0.15, 0.2) is 0 Å². The smallest absolute Gasteiger partial charge is 0.292 e. The lowest BCUT2D eigenvalue weighted by Crippen LogP contribution is -2.47. The molecule has 0 bridgehead atoms. The summed E-state index contributed by atoms with van der Waals surface area (Å²) in [5.41, 5.74) is 5.46. The van der Waals surface area contributed by atoms with E-state index in [9.17, 15) is 10.1 Å². The van der Waals surface area contributed by atoms with E-state index in [0.29, 0.717) is 5.92 Å². The average Bonchev–Trinajstić information content (AvgIpc) is 2.68. The van der Waals surface area contributed by atoms with Gasteiger partial charge in [-0.1, -0.05) is 19.9 Å². The molecule has 0 radical (unpaired) electrons. The van der Waals surface area contributed by atoms with Crippen LogP contribution in [0.4, 0.5) is 22.7 Å². The molecule has 1 aliphatic rings. The Balaban J connectivity index is 1.92. The molecule has 0 aromatic heterocycles. The average molecular weight is 411 g/mol. The van der Waals surface area contributed by atoms with Crippen LogP contribution in [0.1, 0.15) is 31.9 Å². The molecule has 1 heterocycles. The number of anilines is 3. The van der Waals surface area contributed by atoms with Gasteiger partial charge in [-0.2, -0.15) is 0 Å². The summed E-state index contributed by atoms with van der Waals surface area (Å²) in [6, 6.07) is 12.0. The van der Waals surface area contributed by atoms with Crippen LogP contribution in [0.25, 0.3) is 0 Å². The van der Waals surface area contributed by atoms with Crippen molar-refractivity contribution in [3.05, 3.63) is 57.6 Å². The second kappa shape index (κ2) is 9.47. The Labute approximate surface area is 180 Å². The molecule has 0 N–H and O–H groups in total. The minimum atomic E-state index is -0.257. The highest BCUT2D eigenvalue weighted by Crippen LogP contribution is 2.36. The molecule has 0 saturated carbocycles. The van der Waals surface area contributed by atoms with Crippen LogP contribution in [-0.2, 0) is 0 Å². The first kappa shape index (κ1) is 22.1. The number of nitro groups is 1. The summed E-state index contributed by atoms with van der Waals surface area (Å²) in [4.78, 5) is 18.3. The number of hydrogen-bond donors (Lipinski definition) is 0. The summed E-state index contributed by atoms with van der Waals surface area (Å²) in [5, 5.41) is 11.7. The zero-order chi connectivity index (χ0) is 21.8. The van der Waals surface area contributed by atoms with E-state index in [1.807, 2.05) is 12.1 Å². The molecule has 1 aliphatic heterocycles. The fraction of sp³-hybridized carbons (Fsp3) is 0.500. The summed E-state index contributed by atoms with van der Waals surface area (Å²) in [6.07, 6.45) is 0. The topological polar surface area (TPSA) is 52.9 Å². The second-order valence-corrected chi connectivity index (χ2v) is 8.70. The molecule has 0 spiro atoms. The molecule has 0 unspecified atom stereocenters. The Bertz CT molecular complexity index is 869. The van der Waals surface area contributed by atoms with Crippen LogP contribution >= 0.6 is 0 Å². The van der Waals surface area contributed by atoms with E-state index in [-0.39, 0.29) is 10.6 Å². The molecule has 1 fully saturated rings. The van der Waals surface area contributed by atoms with Crippen molar-refractivity contribution in [2.24, 2.45) is 5.92 Å². The van der Waals surface area contributed by atoms with Gasteiger partial charge in [0.25, 0.3) is 5.69 Å². The van der Waals surface area contributed by atoms with Crippen molar-refractivity contribution < 1.29 is 4.92 Å². The quantitative estimate of drug-likeness (QED) is 0.467. The number of aryl methyl sites for hydroxylation is 2. The monoisotopic (exact) mass is 410 g/mol. The number of rotatable bonds is 7. The van der Waals surface area contributed by atoms with Crippen LogP contribution in [0, 0.1) is 29.9 Å². The highest BCUT2D eigenvalue weighted by molar-refractivity contribution is 5.74. The van der Waals surface area contributed by atoms with Crippen LogP contribution in [-0.4, -0.2) is 49.1 Å². The number of nitro benzene ring substituents is 1. The van der Waals surface area contributed by atoms with Crippen LogP contribution < -0.4 is 9.80 Å². The molecule has 6 nitrogen and oxygen atoms in total. The Kier molecular flexibility index (Phi) is 6.98. The SMILES string of the molecule is CCN(c1cc(C)cc(C)c1)c1ccc([N+](=O)[O-])c(N2CCN(CC(C)C)CC2)c1. The van der Waals surface area contributed by atoms with Gasteiger partial charge in [-0.05, 0) is 62.1 Å². The molecule has 0 amide bonds. The Hall–Kier alpha value is -2.60. The molecular formula is C24H34N4O2. The van der Waals surface area contributed by atoms with E-state index >= 15 is 0 Å². The van der Waals surface area contributed by atoms with Gasteiger partial charge in [-0.25, -0.2) is 0 Å². The lowest BCUT2D eigenvalue weighted by molar-refractivity contribution is -0.384. The zero-order valence-corrected chi connectivity index (χ0v) is 18.9. The van der Waals surface area contributed by atoms with E-state index in [2.05, 4.69) is 67.5 Å². The lowest BCUT2D eigenvalue weighted by Gasteiger charge is -2.37. The molecule has 6 heteroatoms. The molecule has 2 aromatic rings. The molecular weight excluding hydrogens is 376 g/mol. The van der Waals surface area contributed by atoms with Crippen molar-refractivity contribution in [3.8, 4) is 0 Å². The standard InChI is InChI=1S/C24H34N4O2/c1-6-27(22-14-19(4)13-20(5)15-22)21-7-8-23(28(29)30)24(16-21)26-11-9-25(10-12-26)17-18(2)3/h7-8,13-16,18H,6,9-12,17H2,1-5H3. The third-order valence-electron chi connectivity index (χ3n) is 5.64. The number of hydrogen-bond acceptors (Lipinski definition) is 5. The Morgan fingerprint density at radius 2 is 1.63 bits per heavy atom. The van der Waals surface area contributed by atoms with Gasteiger partial charge < -0.3 is 9.80 Å². The predicted octanol–water partition coefficient (Wildman–Crippen LogP) is 5.15. The zero-order valence-electron chi connectivity index (χ0n) is 18.9. The van der Waals surface area contributed by atoms with Gasteiger partial charge in [0.1, 0.15) is 5.69 Å². The summed E-state index contributed by atoms with van der Waals surface area (Å²) >= 11 is 0. The van der Waals surface area contributed by atoms with E-state index in [1.165, 1.54) is 11.1 Å². The molecule has 30 heavy (non-hydrogen) atoms. The first-order valence-corrected chi connectivity index (χ1v) is 10.9. The third-order valence-corrected chi connectivity index (χ3v) is 5.64. The van der Waals surface area contributed by atoms with Gasteiger partial charge in [-0.3, -0.25) is 15.0 Å². The third kappa shape index (κ3) is 5.11. The van der Waals surface area contributed by atoms with E-state index in [4.69, 9.17) is 0 Å². The maximum absolute atomic E-state index is 11.7. The van der Waals surface area contributed by atoms with Gasteiger partial charge >= 0.3 is 0 Å². The minimum absolute atomic E-state index is 0.188. The van der Waals surface area contributed by atoms with Crippen LogP contribution in [0.15, 0.2) is 36.4 Å². The van der Waals surface area contributed by atoms with Crippen LogP contribution in [0.5, 0.6) is 0 Å². The van der Waals surface area contributed by atoms with Crippen LogP contribution in [0.2, 0.25) is 0 Å². The predicted molar refractivity (Wildman–Crippen MR) is 125 cm³/mol. The van der Waals surface area contributed by atoms with E-state index in [0.717, 1.165) is 56.3 Å². The van der Waals surface area contributed by atoms with Crippen molar-refractivity contribution in [1.82, 2.24) is 4.90 Å². The number of benzene rings is 2. The van der Waals surface area contributed by atoms with Crippen molar-refractivity contribution in [3.63, 3.8) is 0 Å². The van der Waals surface area contributed by atoms with Crippen LogP contribution in [0.3, 0.4) is 0 Å². The lowest BCUT2D eigenvalue weighted by atomic mass is 10.1. The van der Waals surface area contributed by atoms with Gasteiger partial charge in [0, 0.05) is 56.7 Å². The van der Waals surface area contributed by atoms with E-state index in [1.54, 1.807) is 6.07 Å². The van der Waals surface area contributed by atoms with Gasteiger partial charge in [-0.15, -0.1) is 0 Å². The first-order valence-electron chi connectivity index (χ1n) is 10.9. The maximum Gasteiger partial charge on any atom is 0.292 e. The van der Waals surface area contributed by atoms with Crippen molar-refractivity contribution in [1.29, 1.82) is 0 Å². The van der Waals surface area contributed by atoms with Crippen molar-refractivity contribution in [2.75, 3.05) is 49.1 Å². The molecule has 0 aliphatic carbocycles. The number of piperazine rings is 1. The van der Waals surface area contributed by atoms with Crippen molar-refractivity contribution in [2.45, 2.75) is 34.6 Å². The van der Waals surface area contributed by atoms with Gasteiger partial charge in [0.05, 0.1) is 4.92 Å². The Morgan fingerprint density at radius 3 is 2.17 bits per heavy atom. The molecule has 1 saturated heterocycles. The molecule has 0 atom stereocenters. The highest BCUT2D eigenvalue weighted by Gasteiger charge is 2.25. The summed E-state index contributed by atoms with van der Waals surface area (Å²) in [6.45, 7) is 16.1. The molecule has 2 aromatic carbocycles. The first-order chi connectivity index (χ1) is 14.3. The fourth-order valence-corrected chi connectivity index (χ4v) is 4.40. The maximum atomic E-state index is 11.7.